The molecule has 30 heavy (non-hydrogen) atoms. The predicted molar refractivity (Wildman–Crippen MR) is 125 cm³/mol. The molecule has 0 aliphatic carbocycles. The van der Waals surface area contributed by atoms with Crippen LogP contribution in [0.1, 0.15) is 50.5 Å². The quantitative estimate of drug-likeness (QED) is 0.191. The number of benzene rings is 2. The van der Waals surface area contributed by atoms with E-state index in [4.69, 9.17) is 9.47 Å². The molecule has 2 rings (SSSR count). The lowest BCUT2D eigenvalue weighted by Crippen LogP contribution is -2.12. The molecule has 0 unspecified atom stereocenters. The highest BCUT2D eigenvalue weighted by molar-refractivity contribution is 5.69. The highest BCUT2D eigenvalue weighted by Crippen LogP contribution is 2.23. The van der Waals surface area contributed by atoms with Gasteiger partial charge in [0, 0.05) is 6.42 Å². The zero-order valence-electron chi connectivity index (χ0n) is 18.1. The van der Waals surface area contributed by atoms with Gasteiger partial charge in [0.25, 0.3) is 0 Å². The number of hydrogen-bond acceptors (Lipinski definition) is 3. The fourth-order valence-corrected chi connectivity index (χ4v) is 3.16. The minimum absolute atomic E-state index is 0.179. The number of aryl methyl sites for hydroxylation is 1. The average molecular weight is 407 g/mol. The third-order valence-corrected chi connectivity index (χ3v) is 5.02. The lowest BCUT2D eigenvalue weighted by Gasteiger charge is -2.09. The van der Waals surface area contributed by atoms with Gasteiger partial charge >= 0.3 is 5.97 Å². The number of carbonyl (C=O) groups is 1. The van der Waals surface area contributed by atoms with Gasteiger partial charge in [0.1, 0.15) is 11.9 Å². The number of esters is 1. The number of rotatable bonds is 14. The van der Waals surface area contributed by atoms with Crippen molar-refractivity contribution in [2.45, 2.75) is 58.0 Å². The summed E-state index contributed by atoms with van der Waals surface area (Å²) in [6.45, 7) is 10.1. The van der Waals surface area contributed by atoms with Crippen LogP contribution in [0.2, 0.25) is 0 Å². The Bertz CT molecular complexity index is 767. The van der Waals surface area contributed by atoms with E-state index in [2.05, 4.69) is 56.5 Å². The van der Waals surface area contributed by atoms with Crippen LogP contribution in [-0.2, 0) is 9.53 Å². The Morgan fingerprint density at radius 2 is 1.37 bits per heavy atom. The molecular weight excluding hydrogens is 372 g/mol. The number of hydrogen-bond donors (Lipinski definition) is 0. The molecule has 3 nitrogen and oxygen atoms in total. The van der Waals surface area contributed by atoms with Crippen LogP contribution in [0.15, 0.2) is 73.8 Å². The molecule has 3 heteroatoms. The second kappa shape index (κ2) is 13.4. The molecule has 0 N–H and O–H groups in total. The van der Waals surface area contributed by atoms with Crippen LogP contribution in [0.25, 0.3) is 11.1 Å². The smallest absolute Gasteiger partial charge is 0.306 e. The summed E-state index contributed by atoms with van der Waals surface area (Å²) in [4.78, 5) is 11.7. The van der Waals surface area contributed by atoms with Crippen LogP contribution < -0.4 is 4.74 Å². The van der Waals surface area contributed by atoms with E-state index in [-0.39, 0.29) is 12.1 Å². The Labute approximate surface area is 181 Å². The van der Waals surface area contributed by atoms with Crippen molar-refractivity contribution in [2.24, 2.45) is 0 Å². The first-order valence-electron chi connectivity index (χ1n) is 10.9. The Hall–Kier alpha value is -2.81. The van der Waals surface area contributed by atoms with E-state index >= 15 is 0 Å². The zero-order valence-corrected chi connectivity index (χ0v) is 18.1. The SMILES string of the molecule is C=CC(C=C)OC(=O)CCCCCCCCOc1ccc(-c2ccc(C)cc2)cc1. The molecule has 0 aliphatic rings. The first-order valence-corrected chi connectivity index (χ1v) is 10.9. The second-order valence-corrected chi connectivity index (χ2v) is 7.54. The van der Waals surface area contributed by atoms with Gasteiger partial charge in [-0.1, -0.05) is 80.8 Å². The van der Waals surface area contributed by atoms with Gasteiger partial charge < -0.3 is 9.47 Å². The fraction of sp³-hybridized carbons (Fsp3) is 0.370. The summed E-state index contributed by atoms with van der Waals surface area (Å²) in [6, 6.07) is 16.9. The number of ether oxygens (including phenoxy) is 2. The van der Waals surface area contributed by atoms with Crippen molar-refractivity contribution in [3.63, 3.8) is 0 Å². The van der Waals surface area contributed by atoms with E-state index < -0.39 is 0 Å². The van der Waals surface area contributed by atoms with E-state index in [1.54, 1.807) is 12.2 Å². The van der Waals surface area contributed by atoms with Crippen molar-refractivity contribution in [1.29, 1.82) is 0 Å². The van der Waals surface area contributed by atoms with E-state index in [1.807, 2.05) is 12.1 Å². The van der Waals surface area contributed by atoms with Crippen molar-refractivity contribution in [1.82, 2.24) is 0 Å². The maximum absolute atomic E-state index is 11.7. The Kier molecular flexibility index (Phi) is 10.5. The summed E-state index contributed by atoms with van der Waals surface area (Å²) in [6.07, 6.45) is 9.61. The van der Waals surface area contributed by atoms with E-state index in [1.165, 1.54) is 16.7 Å². The van der Waals surface area contributed by atoms with Crippen molar-refractivity contribution >= 4 is 5.97 Å². The van der Waals surface area contributed by atoms with Gasteiger partial charge in [-0.2, -0.15) is 0 Å². The van der Waals surface area contributed by atoms with Gasteiger partial charge in [0.15, 0.2) is 0 Å². The molecule has 0 saturated carbocycles. The summed E-state index contributed by atoms with van der Waals surface area (Å²) >= 11 is 0. The van der Waals surface area contributed by atoms with Gasteiger partial charge in [-0.3, -0.25) is 4.79 Å². The highest BCUT2D eigenvalue weighted by Gasteiger charge is 2.07. The first-order chi connectivity index (χ1) is 14.6. The maximum Gasteiger partial charge on any atom is 0.306 e. The van der Waals surface area contributed by atoms with Gasteiger partial charge in [-0.05, 0) is 55.2 Å². The van der Waals surface area contributed by atoms with Gasteiger partial charge in [-0.25, -0.2) is 0 Å². The Morgan fingerprint density at radius 1 is 0.833 bits per heavy atom. The molecule has 0 saturated heterocycles. The predicted octanol–water partition coefficient (Wildman–Crippen LogP) is 7.06. The summed E-state index contributed by atoms with van der Waals surface area (Å²) in [5.74, 6) is 0.739. The molecular formula is C27H34O3. The molecule has 0 heterocycles. The number of unbranched alkanes of at least 4 members (excludes halogenated alkanes) is 5. The molecule has 0 bridgehead atoms. The number of carbonyl (C=O) groups excluding carboxylic acids is 1. The normalized spacial score (nSPS) is 10.6. The minimum atomic E-state index is -0.378. The van der Waals surface area contributed by atoms with Crippen LogP contribution in [0, 0.1) is 6.92 Å². The average Bonchev–Trinajstić information content (AvgIpc) is 2.77. The molecule has 2 aromatic rings. The summed E-state index contributed by atoms with van der Waals surface area (Å²) in [5, 5.41) is 0. The van der Waals surface area contributed by atoms with Crippen molar-refractivity contribution < 1.29 is 14.3 Å². The largest absolute Gasteiger partial charge is 0.494 e. The van der Waals surface area contributed by atoms with Crippen LogP contribution in [0.5, 0.6) is 5.75 Å². The van der Waals surface area contributed by atoms with Gasteiger partial charge in [-0.15, -0.1) is 0 Å². The summed E-state index contributed by atoms with van der Waals surface area (Å²) < 4.78 is 11.1. The molecule has 0 spiro atoms. The van der Waals surface area contributed by atoms with E-state index in [0.717, 1.165) is 50.9 Å². The minimum Gasteiger partial charge on any atom is -0.494 e. The molecule has 0 radical (unpaired) electrons. The first kappa shape index (κ1) is 23.5. The lowest BCUT2D eigenvalue weighted by molar-refractivity contribution is -0.145. The van der Waals surface area contributed by atoms with Crippen LogP contribution in [-0.4, -0.2) is 18.7 Å². The highest BCUT2D eigenvalue weighted by atomic mass is 16.5. The third-order valence-electron chi connectivity index (χ3n) is 5.02. The molecule has 160 valence electrons. The zero-order chi connectivity index (χ0) is 21.6. The lowest BCUT2D eigenvalue weighted by atomic mass is 10.0. The van der Waals surface area contributed by atoms with E-state index in [9.17, 15) is 4.79 Å². The standard InChI is InChI=1S/C27H34O3/c1-4-25(5-2)30-27(28)12-10-8-6-7-9-11-21-29-26-19-17-24(18-20-26)23-15-13-22(3)14-16-23/h4-5,13-20,25H,1-2,6-12,21H2,3H3. The molecule has 2 aromatic carbocycles. The van der Waals surface area contributed by atoms with Crippen LogP contribution >= 0.6 is 0 Å². The Balaban J connectivity index is 1.51. The third kappa shape index (κ3) is 8.69. The molecule has 0 atom stereocenters. The van der Waals surface area contributed by atoms with Crippen LogP contribution in [0.4, 0.5) is 0 Å². The van der Waals surface area contributed by atoms with Crippen molar-refractivity contribution in [3.8, 4) is 16.9 Å². The molecule has 0 aliphatic heterocycles. The van der Waals surface area contributed by atoms with Gasteiger partial charge in [0.2, 0.25) is 0 Å². The second-order valence-electron chi connectivity index (χ2n) is 7.54. The molecule has 0 amide bonds. The maximum atomic E-state index is 11.7. The van der Waals surface area contributed by atoms with Gasteiger partial charge in [0.05, 0.1) is 6.61 Å². The summed E-state index contributed by atoms with van der Waals surface area (Å²) in [5.41, 5.74) is 3.70. The molecule has 0 aromatic heterocycles. The van der Waals surface area contributed by atoms with Crippen LogP contribution in [0.3, 0.4) is 0 Å². The van der Waals surface area contributed by atoms with E-state index in [0.29, 0.717) is 6.42 Å². The molecule has 0 fully saturated rings. The monoisotopic (exact) mass is 406 g/mol. The Morgan fingerprint density at radius 3 is 1.97 bits per heavy atom. The summed E-state index contributed by atoms with van der Waals surface area (Å²) in [7, 11) is 0. The fourth-order valence-electron chi connectivity index (χ4n) is 3.16. The topological polar surface area (TPSA) is 35.5 Å². The van der Waals surface area contributed by atoms with Crippen molar-refractivity contribution in [2.75, 3.05) is 6.61 Å². The van der Waals surface area contributed by atoms with Crippen molar-refractivity contribution in [3.05, 3.63) is 79.4 Å².